The molecule has 2 rings (SSSR count). The number of furan rings is 1. The monoisotopic (exact) mass is 237 g/mol. The largest absolute Gasteiger partial charge is 0.467 e. The highest BCUT2D eigenvalue weighted by molar-refractivity contribution is 5.27. The highest BCUT2D eigenvalue weighted by atomic mass is 19.1. The SMILES string of the molecule is CCNC(c1cc(F)cc(F)c1)c1ccco1. The molecule has 1 N–H and O–H groups in total. The maximum Gasteiger partial charge on any atom is 0.126 e. The van der Waals surface area contributed by atoms with E-state index in [0.29, 0.717) is 17.9 Å². The molecular weight excluding hydrogens is 224 g/mol. The van der Waals surface area contributed by atoms with Crippen molar-refractivity contribution in [2.45, 2.75) is 13.0 Å². The molecule has 1 heterocycles. The van der Waals surface area contributed by atoms with Crippen molar-refractivity contribution in [2.24, 2.45) is 0 Å². The van der Waals surface area contributed by atoms with E-state index in [-0.39, 0.29) is 6.04 Å². The summed E-state index contributed by atoms with van der Waals surface area (Å²) in [6.07, 6.45) is 1.54. The fraction of sp³-hybridized carbons (Fsp3) is 0.231. The van der Waals surface area contributed by atoms with Gasteiger partial charge in [0.25, 0.3) is 0 Å². The lowest BCUT2D eigenvalue weighted by atomic mass is 10.0. The van der Waals surface area contributed by atoms with Gasteiger partial charge >= 0.3 is 0 Å². The van der Waals surface area contributed by atoms with E-state index in [1.165, 1.54) is 18.4 Å². The van der Waals surface area contributed by atoms with Crippen LogP contribution < -0.4 is 5.32 Å². The Balaban J connectivity index is 2.38. The van der Waals surface area contributed by atoms with Gasteiger partial charge in [0.15, 0.2) is 0 Å². The number of halogens is 2. The number of hydrogen-bond acceptors (Lipinski definition) is 2. The van der Waals surface area contributed by atoms with E-state index < -0.39 is 11.6 Å². The van der Waals surface area contributed by atoms with Crippen LogP contribution in [0.1, 0.15) is 24.3 Å². The van der Waals surface area contributed by atoms with E-state index in [2.05, 4.69) is 5.32 Å². The second kappa shape index (κ2) is 5.10. The summed E-state index contributed by atoms with van der Waals surface area (Å²) in [7, 11) is 0. The van der Waals surface area contributed by atoms with Gasteiger partial charge in [0, 0.05) is 6.07 Å². The Kier molecular flexibility index (Phi) is 3.54. The smallest absolute Gasteiger partial charge is 0.126 e. The van der Waals surface area contributed by atoms with Gasteiger partial charge in [-0.05, 0) is 36.4 Å². The van der Waals surface area contributed by atoms with Gasteiger partial charge in [-0.3, -0.25) is 0 Å². The van der Waals surface area contributed by atoms with Crippen molar-refractivity contribution in [1.82, 2.24) is 5.32 Å². The molecular formula is C13H13F2NO. The first-order chi connectivity index (χ1) is 8.20. The first-order valence-electron chi connectivity index (χ1n) is 5.43. The maximum absolute atomic E-state index is 13.2. The molecule has 1 unspecified atom stereocenters. The molecule has 0 bridgehead atoms. The minimum atomic E-state index is -0.588. The van der Waals surface area contributed by atoms with Crippen molar-refractivity contribution in [3.8, 4) is 0 Å². The summed E-state index contributed by atoms with van der Waals surface area (Å²) >= 11 is 0. The summed E-state index contributed by atoms with van der Waals surface area (Å²) in [6, 6.07) is 6.65. The van der Waals surface area contributed by atoms with Crippen LogP contribution in [0.2, 0.25) is 0 Å². The van der Waals surface area contributed by atoms with Gasteiger partial charge < -0.3 is 9.73 Å². The first kappa shape index (κ1) is 11.8. The van der Waals surface area contributed by atoms with Gasteiger partial charge in [0.05, 0.1) is 12.3 Å². The first-order valence-corrected chi connectivity index (χ1v) is 5.43. The van der Waals surface area contributed by atoms with Crippen molar-refractivity contribution in [2.75, 3.05) is 6.54 Å². The second-order valence-electron chi connectivity index (χ2n) is 3.71. The molecule has 1 atom stereocenters. The Morgan fingerprint density at radius 3 is 2.47 bits per heavy atom. The molecule has 2 aromatic rings. The van der Waals surface area contributed by atoms with Gasteiger partial charge in [-0.15, -0.1) is 0 Å². The molecule has 0 fully saturated rings. The van der Waals surface area contributed by atoms with E-state index in [9.17, 15) is 8.78 Å². The van der Waals surface area contributed by atoms with Crippen LogP contribution >= 0.6 is 0 Å². The fourth-order valence-electron chi connectivity index (χ4n) is 1.78. The summed E-state index contributed by atoms with van der Waals surface area (Å²) in [4.78, 5) is 0. The second-order valence-corrected chi connectivity index (χ2v) is 3.71. The minimum Gasteiger partial charge on any atom is -0.467 e. The molecule has 17 heavy (non-hydrogen) atoms. The third-order valence-electron chi connectivity index (χ3n) is 2.45. The summed E-state index contributed by atoms with van der Waals surface area (Å²) in [5.74, 6) is -0.541. The maximum atomic E-state index is 13.2. The van der Waals surface area contributed by atoms with Gasteiger partial charge in [0.1, 0.15) is 17.4 Å². The van der Waals surface area contributed by atoms with E-state index in [1.807, 2.05) is 6.92 Å². The van der Waals surface area contributed by atoms with Crippen LogP contribution in [0.25, 0.3) is 0 Å². The number of rotatable bonds is 4. The zero-order valence-corrected chi connectivity index (χ0v) is 9.41. The average molecular weight is 237 g/mol. The highest BCUT2D eigenvalue weighted by Gasteiger charge is 2.17. The zero-order valence-electron chi connectivity index (χ0n) is 9.41. The fourth-order valence-corrected chi connectivity index (χ4v) is 1.78. The lowest BCUT2D eigenvalue weighted by Gasteiger charge is -2.16. The predicted octanol–water partition coefficient (Wildman–Crippen LogP) is 3.26. The molecule has 0 saturated heterocycles. The molecule has 0 aliphatic rings. The average Bonchev–Trinajstić information content (AvgIpc) is 2.77. The van der Waals surface area contributed by atoms with E-state index in [1.54, 1.807) is 12.1 Å². The van der Waals surface area contributed by atoms with Crippen LogP contribution in [0.5, 0.6) is 0 Å². The van der Waals surface area contributed by atoms with Crippen LogP contribution in [0.3, 0.4) is 0 Å². The van der Waals surface area contributed by atoms with E-state index in [0.717, 1.165) is 6.07 Å². The molecule has 0 radical (unpaired) electrons. The quantitative estimate of drug-likeness (QED) is 0.883. The number of hydrogen-bond donors (Lipinski definition) is 1. The third-order valence-corrected chi connectivity index (χ3v) is 2.45. The van der Waals surface area contributed by atoms with Gasteiger partial charge in [-0.2, -0.15) is 0 Å². The summed E-state index contributed by atoms with van der Waals surface area (Å²) < 4.78 is 31.6. The standard InChI is InChI=1S/C13H13F2NO/c1-2-16-13(12-4-3-5-17-12)9-6-10(14)8-11(15)7-9/h3-8,13,16H,2H2,1H3. The van der Waals surface area contributed by atoms with Gasteiger partial charge in [-0.25, -0.2) is 8.78 Å². The summed E-state index contributed by atoms with van der Waals surface area (Å²) in [5.41, 5.74) is 0.513. The zero-order chi connectivity index (χ0) is 12.3. The summed E-state index contributed by atoms with van der Waals surface area (Å²) in [6.45, 7) is 2.59. The normalized spacial score (nSPS) is 12.6. The van der Waals surface area contributed by atoms with Crippen molar-refractivity contribution in [3.05, 3.63) is 59.6 Å². The molecule has 0 saturated carbocycles. The van der Waals surface area contributed by atoms with Crippen LogP contribution in [0.4, 0.5) is 8.78 Å². The van der Waals surface area contributed by atoms with Crippen LogP contribution in [0, 0.1) is 11.6 Å². The Hall–Kier alpha value is -1.68. The molecule has 0 amide bonds. The summed E-state index contributed by atoms with van der Waals surface area (Å²) in [5, 5.41) is 3.13. The van der Waals surface area contributed by atoms with Crippen LogP contribution in [-0.2, 0) is 0 Å². The van der Waals surface area contributed by atoms with Gasteiger partial charge in [0.2, 0.25) is 0 Å². The number of nitrogens with one attached hydrogen (secondary N) is 1. The highest BCUT2D eigenvalue weighted by Crippen LogP contribution is 2.23. The predicted molar refractivity (Wildman–Crippen MR) is 60.6 cm³/mol. The molecule has 1 aromatic carbocycles. The lowest BCUT2D eigenvalue weighted by molar-refractivity contribution is 0.449. The van der Waals surface area contributed by atoms with Crippen molar-refractivity contribution in [3.63, 3.8) is 0 Å². The molecule has 0 aliphatic heterocycles. The van der Waals surface area contributed by atoms with Crippen LogP contribution in [0.15, 0.2) is 41.0 Å². The van der Waals surface area contributed by atoms with Crippen LogP contribution in [-0.4, -0.2) is 6.54 Å². The van der Waals surface area contributed by atoms with Crippen molar-refractivity contribution in [1.29, 1.82) is 0 Å². The Bertz CT molecular complexity index is 462. The number of benzene rings is 1. The van der Waals surface area contributed by atoms with Crippen molar-refractivity contribution < 1.29 is 13.2 Å². The molecule has 4 heteroatoms. The van der Waals surface area contributed by atoms with E-state index in [4.69, 9.17) is 4.42 Å². The molecule has 0 aliphatic carbocycles. The lowest BCUT2D eigenvalue weighted by Crippen LogP contribution is -2.21. The molecule has 2 nitrogen and oxygen atoms in total. The topological polar surface area (TPSA) is 25.2 Å². The molecule has 0 spiro atoms. The molecule has 90 valence electrons. The Morgan fingerprint density at radius 1 is 1.24 bits per heavy atom. The molecule has 1 aromatic heterocycles. The minimum absolute atomic E-state index is 0.333. The Labute approximate surface area is 98.3 Å². The third kappa shape index (κ3) is 2.71. The van der Waals surface area contributed by atoms with Gasteiger partial charge in [-0.1, -0.05) is 6.92 Å². The Morgan fingerprint density at radius 2 is 1.94 bits per heavy atom. The van der Waals surface area contributed by atoms with Crippen molar-refractivity contribution >= 4 is 0 Å². The van der Waals surface area contributed by atoms with E-state index >= 15 is 0 Å².